The predicted molar refractivity (Wildman–Crippen MR) is 103 cm³/mol. The predicted octanol–water partition coefficient (Wildman–Crippen LogP) is 3.60. The Morgan fingerprint density at radius 1 is 1.23 bits per heavy atom. The van der Waals surface area contributed by atoms with Gasteiger partial charge in [-0.1, -0.05) is 13.0 Å². The third-order valence-corrected chi connectivity index (χ3v) is 4.74. The molecule has 5 nitrogen and oxygen atoms in total. The highest BCUT2D eigenvalue weighted by molar-refractivity contribution is 6.06. The molecule has 0 aliphatic rings. The molecule has 5 heteroatoms. The molecule has 0 radical (unpaired) electrons. The minimum Gasteiger partial charge on any atom is -0.339 e. The van der Waals surface area contributed by atoms with E-state index in [0.717, 1.165) is 28.7 Å². The smallest absolute Gasteiger partial charge is 0.254 e. The number of nitrogens with zero attached hydrogens (tertiary/aromatic N) is 4. The van der Waals surface area contributed by atoms with Crippen molar-refractivity contribution in [3.05, 3.63) is 65.4 Å². The molecule has 0 spiro atoms. The fourth-order valence-electron chi connectivity index (χ4n) is 3.07. The first-order valence-electron chi connectivity index (χ1n) is 8.92. The molecule has 2 aromatic heterocycles. The number of aromatic nitrogens is 3. The van der Waals surface area contributed by atoms with E-state index >= 15 is 0 Å². The second-order valence-electron chi connectivity index (χ2n) is 6.68. The van der Waals surface area contributed by atoms with E-state index in [0.29, 0.717) is 12.0 Å². The highest BCUT2D eigenvalue weighted by Gasteiger charge is 2.21. The normalized spacial score (nSPS) is 12.2. The summed E-state index contributed by atoms with van der Waals surface area (Å²) in [5.74, 6) is 0.00476. The van der Waals surface area contributed by atoms with Crippen LogP contribution in [0.2, 0.25) is 0 Å². The van der Waals surface area contributed by atoms with E-state index < -0.39 is 0 Å². The van der Waals surface area contributed by atoms with Crippen molar-refractivity contribution in [1.29, 1.82) is 0 Å². The summed E-state index contributed by atoms with van der Waals surface area (Å²) in [6.45, 7) is 6.06. The van der Waals surface area contributed by atoms with E-state index in [9.17, 15) is 4.79 Å². The lowest BCUT2D eigenvalue weighted by atomic mass is 10.0. The second kappa shape index (κ2) is 7.60. The fraction of sp³-hybridized carbons (Fsp3) is 0.333. The number of likely N-dealkylation sites (N-methyl/N-ethyl adjacent to an activating group) is 1. The Hall–Kier alpha value is -2.82. The van der Waals surface area contributed by atoms with Gasteiger partial charge >= 0.3 is 0 Å². The first-order valence-corrected chi connectivity index (χ1v) is 8.92. The van der Waals surface area contributed by atoms with Crippen LogP contribution in [-0.4, -0.2) is 38.8 Å². The molecule has 1 aromatic carbocycles. The summed E-state index contributed by atoms with van der Waals surface area (Å²) in [4.78, 5) is 28.0. The van der Waals surface area contributed by atoms with Gasteiger partial charge in [-0.25, -0.2) is 0 Å². The standard InChI is InChI=1S/C21H24N4O/c1-5-16-6-7-20-18(12-16)19(10-14(2)24-20)21(26)25(4)15(3)11-17-13-22-8-9-23-17/h6-10,12-13,15H,5,11H2,1-4H3. The molecule has 134 valence electrons. The minimum absolute atomic E-state index is 0.00476. The molecule has 0 fully saturated rings. The van der Waals surface area contributed by atoms with E-state index in [2.05, 4.69) is 34.0 Å². The summed E-state index contributed by atoms with van der Waals surface area (Å²) >= 11 is 0. The van der Waals surface area contributed by atoms with Crippen LogP contribution in [0.1, 0.15) is 41.2 Å². The number of aryl methyl sites for hydroxylation is 2. The van der Waals surface area contributed by atoms with Crippen molar-refractivity contribution in [2.24, 2.45) is 0 Å². The lowest BCUT2D eigenvalue weighted by Crippen LogP contribution is -2.36. The number of amides is 1. The summed E-state index contributed by atoms with van der Waals surface area (Å²) in [6.07, 6.45) is 6.67. The molecule has 0 aliphatic heterocycles. The van der Waals surface area contributed by atoms with Gasteiger partial charge in [0.25, 0.3) is 5.91 Å². The van der Waals surface area contributed by atoms with Gasteiger partial charge in [0.15, 0.2) is 0 Å². The molecule has 3 aromatic rings. The van der Waals surface area contributed by atoms with Crippen molar-refractivity contribution < 1.29 is 4.79 Å². The van der Waals surface area contributed by atoms with E-state index in [1.165, 1.54) is 5.56 Å². The van der Waals surface area contributed by atoms with E-state index in [-0.39, 0.29) is 11.9 Å². The number of pyridine rings is 1. The quantitative estimate of drug-likeness (QED) is 0.707. The molecule has 1 unspecified atom stereocenters. The molecule has 3 rings (SSSR count). The first kappa shape index (κ1) is 18.0. The molecule has 1 atom stereocenters. The lowest BCUT2D eigenvalue weighted by Gasteiger charge is -2.25. The van der Waals surface area contributed by atoms with E-state index in [4.69, 9.17) is 0 Å². The SMILES string of the molecule is CCc1ccc2nc(C)cc(C(=O)N(C)C(C)Cc3cnccn3)c2c1. The first-order chi connectivity index (χ1) is 12.5. The highest BCUT2D eigenvalue weighted by atomic mass is 16.2. The summed E-state index contributed by atoms with van der Waals surface area (Å²) < 4.78 is 0. The molecule has 0 saturated heterocycles. The topological polar surface area (TPSA) is 59.0 Å². The minimum atomic E-state index is 0.00476. The Morgan fingerprint density at radius 2 is 2.04 bits per heavy atom. The molecular formula is C21H24N4O. The van der Waals surface area contributed by atoms with Crippen LogP contribution in [0, 0.1) is 6.92 Å². The third-order valence-electron chi connectivity index (χ3n) is 4.74. The van der Waals surface area contributed by atoms with Crippen LogP contribution < -0.4 is 0 Å². The highest BCUT2D eigenvalue weighted by Crippen LogP contribution is 2.22. The molecule has 0 bridgehead atoms. The molecule has 0 aliphatic carbocycles. The van der Waals surface area contributed by atoms with Gasteiger partial charge in [-0.2, -0.15) is 0 Å². The Morgan fingerprint density at radius 3 is 2.73 bits per heavy atom. The molecule has 0 saturated carbocycles. The van der Waals surface area contributed by atoms with Crippen LogP contribution in [0.3, 0.4) is 0 Å². The molecule has 26 heavy (non-hydrogen) atoms. The van der Waals surface area contributed by atoms with Gasteiger partial charge in [0.2, 0.25) is 0 Å². The number of carbonyl (C=O) groups excluding carboxylic acids is 1. The Kier molecular flexibility index (Phi) is 5.26. The number of carbonyl (C=O) groups is 1. The largest absolute Gasteiger partial charge is 0.339 e. The van der Waals surface area contributed by atoms with Gasteiger partial charge < -0.3 is 4.90 Å². The Balaban J connectivity index is 1.93. The maximum atomic E-state index is 13.2. The van der Waals surface area contributed by atoms with Crippen LogP contribution in [0.15, 0.2) is 42.9 Å². The number of fused-ring (bicyclic) bond motifs is 1. The Bertz CT molecular complexity index is 924. The van der Waals surface area contributed by atoms with Gasteiger partial charge in [0, 0.05) is 49.2 Å². The summed E-state index contributed by atoms with van der Waals surface area (Å²) in [7, 11) is 1.84. The molecule has 0 N–H and O–H groups in total. The van der Waals surface area contributed by atoms with Crippen molar-refractivity contribution in [3.63, 3.8) is 0 Å². The Labute approximate surface area is 154 Å². The van der Waals surface area contributed by atoms with Crippen LogP contribution in [0.4, 0.5) is 0 Å². The summed E-state index contributed by atoms with van der Waals surface area (Å²) in [5.41, 5.74) is 4.49. The zero-order chi connectivity index (χ0) is 18.7. The number of benzene rings is 1. The average molecular weight is 348 g/mol. The number of hydrogen-bond acceptors (Lipinski definition) is 4. The van der Waals surface area contributed by atoms with Crippen molar-refractivity contribution in [2.75, 3.05) is 7.05 Å². The van der Waals surface area contributed by atoms with Gasteiger partial charge in [-0.15, -0.1) is 0 Å². The van der Waals surface area contributed by atoms with Gasteiger partial charge in [-0.05, 0) is 44.0 Å². The molecule has 1 amide bonds. The van der Waals surface area contributed by atoms with Gasteiger partial charge in [-0.3, -0.25) is 19.7 Å². The monoisotopic (exact) mass is 348 g/mol. The van der Waals surface area contributed by atoms with Crippen molar-refractivity contribution >= 4 is 16.8 Å². The summed E-state index contributed by atoms with van der Waals surface area (Å²) in [5, 5.41) is 0.915. The van der Waals surface area contributed by atoms with E-state index in [1.54, 1.807) is 23.5 Å². The third kappa shape index (κ3) is 3.72. The average Bonchev–Trinajstić information content (AvgIpc) is 2.66. The van der Waals surface area contributed by atoms with Crippen molar-refractivity contribution in [3.8, 4) is 0 Å². The van der Waals surface area contributed by atoms with Crippen LogP contribution >= 0.6 is 0 Å². The van der Waals surface area contributed by atoms with Crippen molar-refractivity contribution in [2.45, 2.75) is 39.7 Å². The number of hydrogen-bond donors (Lipinski definition) is 0. The maximum Gasteiger partial charge on any atom is 0.254 e. The lowest BCUT2D eigenvalue weighted by molar-refractivity contribution is 0.0744. The van der Waals surface area contributed by atoms with Gasteiger partial charge in [0.05, 0.1) is 16.8 Å². The molecular weight excluding hydrogens is 324 g/mol. The maximum absolute atomic E-state index is 13.2. The van der Waals surface area contributed by atoms with Crippen molar-refractivity contribution in [1.82, 2.24) is 19.9 Å². The summed E-state index contributed by atoms with van der Waals surface area (Å²) in [6, 6.07) is 8.05. The van der Waals surface area contributed by atoms with Gasteiger partial charge in [0.1, 0.15) is 0 Å². The second-order valence-corrected chi connectivity index (χ2v) is 6.68. The zero-order valence-electron chi connectivity index (χ0n) is 15.7. The fourth-order valence-corrected chi connectivity index (χ4v) is 3.07. The van der Waals surface area contributed by atoms with E-state index in [1.807, 2.05) is 33.0 Å². The van der Waals surface area contributed by atoms with Crippen LogP contribution in [-0.2, 0) is 12.8 Å². The van der Waals surface area contributed by atoms with Crippen LogP contribution in [0.5, 0.6) is 0 Å². The van der Waals surface area contributed by atoms with Crippen LogP contribution in [0.25, 0.3) is 10.9 Å². The zero-order valence-corrected chi connectivity index (χ0v) is 15.7. The molecule has 2 heterocycles. The number of rotatable bonds is 5.